The van der Waals surface area contributed by atoms with Crippen LogP contribution in [0.3, 0.4) is 0 Å². The van der Waals surface area contributed by atoms with Crippen LogP contribution in [0.5, 0.6) is 0 Å². The first-order chi connectivity index (χ1) is 15.0. The van der Waals surface area contributed by atoms with Gasteiger partial charge in [-0.3, -0.25) is 9.59 Å². The molecular weight excluding hydrogens is 390 g/mol. The number of hydrogen-bond donors (Lipinski definition) is 1. The second-order valence-corrected chi connectivity index (χ2v) is 8.69. The first kappa shape index (κ1) is 21.3. The fourth-order valence-electron chi connectivity index (χ4n) is 4.09. The Bertz CT molecular complexity index is 905. The van der Waals surface area contributed by atoms with Crippen LogP contribution in [-0.2, 0) is 22.7 Å². The molecule has 31 heavy (non-hydrogen) atoms. The number of anilines is 1. The van der Waals surface area contributed by atoms with Gasteiger partial charge in [0.25, 0.3) is 0 Å². The molecule has 0 aliphatic carbocycles. The average Bonchev–Trinajstić information content (AvgIpc) is 3.15. The van der Waals surface area contributed by atoms with Gasteiger partial charge in [-0.1, -0.05) is 35.9 Å². The van der Waals surface area contributed by atoms with Gasteiger partial charge in [0.2, 0.25) is 11.8 Å². The Morgan fingerprint density at radius 1 is 1.06 bits per heavy atom. The van der Waals surface area contributed by atoms with E-state index in [-0.39, 0.29) is 24.2 Å². The summed E-state index contributed by atoms with van der Waals surface area (Å²) >= 11 is 0. The van der Waals surface area contributed by atoms with Crippen LogP contribution >= 0.6 is 0 Å². The predicted molar refractivity (Wildman–Crippen MR) is 120 cm³/mol. The number of rotatable bonds is 6. The highest BCUT2D eigenvalue weighted by Gasteiger charge is 2.34. The molecule has 4 rings (SSSR count). The van der Waals surface area contributed by atoms with Gasteiger partial charge < -0.3 is 20.0 Å². The number of aromatic nitrogens is 1. The predicted octanol–water partition coefficient (Wildman–Crippen LogP) is 1.81. The van der Waals surface area contributed by atoms with Crippen molar-refractivity contribution in [2.75, 3.05) is 44.7 Å². The van der Waals surface area contributed by atoms with Crippen molar-refractivity contribution in [1.82, 2.24) is 20.1 Å². The van der Waals surface area contributed by atoms with Crippen molar-refractivity contribution in [3.05, 3.63) is 59.3 Å². The Hall–Kier alpha value is -2.93. The van der Waals surface area contributed by atoms with E-state index in [0.717, 1.165) is 43.1 Å². The maximum atomic E-state index is 12.6. The molecule has 0 radical (unpaired) electrons. The molecule has 2 aliphatic rings. The summed E-state index contributed by atoms with van der Waals surface area (Å²) in [4.78, 5) is 36.0. The highest BCUT2D eigenvalue weighted by Crippen LogP contribution is 2.21. The molecule has 0 bridgehead atoms. The fourth-order valence-corrected chi connectivity index (χ4v) is 4.09. The molecule has 2 aromatic rings. The van der Waals surface area contributed by atoms with E-state index in [1.165, 1.54) is 5.56 Å². The molecule has 1 aromatic carbocycles. The Kier molecular flexibility index (Phi) is 6.51. The lowest BCUT2D eigenvalue weighted by molar-refractivity contribution is -0.129. The van der Waals surface area contributed by atoms with Crippen molar-refractivity contribution in [2.24, 2.45) is 5.92 Å². The molecule has 7 heteroatoms. The number of nitrogens with one attached hydrogen (secondary N) is 1. The Labute approximate surface area is 184 Å². The third kappa shape index (κ3) is 5.41. The topological polar surface area (TPSA) is 68.8 Å². The van der Waals surface area contributed by atoms with E-state index >= 15 is 0 Å². The number of carbonyl (C=O) groups excluding carboxylic acids is 2. The third-order valence-corrected chi connectivity index (χ3v) is 6.18. The van der Waals surface area contributed by atoms with E-state index < -0.39 is 0 Å². The Balaban J connectivity index is 1.26. The van der Waals surface area contributed by atoms with Crippen LogP contribution in [-0.4, -0.2) is 66.4 Å². The zero-order chi connectivity index (χ0) is 21.8. The van der Waals surface area contributed by atoms with Crippen LogP contribution in [0.25, 0.3) is 0 Å². The molecule has 1 N–H and O–H groups in total. The van der Waals surface area contributed by atoms with Gasteiger partial charge in [0.05, 0.1) is 5.92 Å². The number of aryl methyl sites for hydroxylation is 1. The van der Waals surface area contributed by atoms with E-state index in [0.29, 0.717) is 19.6 Å². The Morgan fingerprint density at radius 2 is 1.77 bits per heavy atom. The first-order valence-corrected chi connectivity index (χ1v) is 11.0. The van der Waals surface area contributed by atoms with Gasteiger partial charge in [-0.2, -0.15) is 0 Å². The van der Waals surface area contributed by atoms with Crippen molar-refractivity contribution in [3.63, 3.8) is 0 Å². The minimum atomic E-state index is -0.296. The minimum Gasteiger partial charge on any atom is -0.354 e. The SMILES string of the molecule is Cc1ccc(CN2CC(C(=O)NCc3ccc(N4CCN(C)CC4)nc3)CC2=O)cc1. The molecule has 2 aliphatic heterocycles. The molecule has 0 spiro atoms. The number of hydrogen-bond acceptors (Lipinski definition) is 5. The molecule has 1 aromatic heterocycles. The maximum Gasteiger partial charge on any atom is 0.225 e. The molecular formula is C24H31N5O2. The number of amides is 2. The quantitative estimate of drug-likeness (QED) is 0.771. The van der Waals surface area contributed by atoms with Gasteiger partial charge in [-0.15, -0.1) is 0 Å². The van der Waals surface area contributed by atoms with Crippen LogP contribution < -0.4 is 10.2 Å². The van der Waals surface area contributed by atoms with E-state index in [9.17, 15) is 9.59 Å². The van der Waals surface area contributed by atoms with Gasteiger partial charge >= 0.3 is 0 Å². The van der Waals surface area contributed by atoms with Crippen molar-refractivity contribution < 1.29 is 9.59 Å². The number of nitrogens with zero attached hydrogens (tertiary/aromatic N) is 4. The molecule has 3 heterocycles. The van der Waals surface area contributed by atoms with E-state index in [1.807, 2.05) is 49.5 Å². The maximum absolute atomic E-state index is 12.6. The largest absolute Gasteiger partial charge is 0.354 e. The summed E-state index contributed by atoms with van der Waals surface area (Å²) in [6.07, 6.45) is 2.11. The summed E-state index contributed by atoms with van der Waals surface area (Å²) < 4.78 is 0. The number of benzene rings is 1. The van der Waals surface area contributed by atoms with E-state index in [1.54, 1.807) is 4.90 Å². The first-order valence-electron chi connectivity index (χ1n) is 11.0. The fraction of sp³-hybridized carbons (Fsp3) is 0.458. The zero-order valence-electron chi connectivity index (χ0n) is 18.4. The highest BCUT2D eigenvalue weighted by molar-refractivity contribution is 5.89. The summed E-state index contributed by atoms with van der Waals surface area (Å²) in [5, 5.41) is 2.98. The minimum absolute atomic E-state index is 0.0407. The van der Waals surface area contributed by atoms with Crippen molar-refractivity contribution >= 4 is 17.6 Å². The molecule has 2 amide bonds. The van der Waals surface area contributed by atoms with Crippen molar-refractivity contribution in [2.45, 2.75) is 26.4 Å². The lowest BCUT2D eigenvalue weighted by Crippen LogP contribution is -2.44. The van der Waals surface area contributed by atoms with Crippen LogP contribution in [0.15, 0.2) is 42.6 Å². The molecule has 2 fully saturated rings. The van der Waals surface area contributed by atoms with Crippen LogP contribution in [0.2, 0.25) is 0 Å². The van der Waals surface area contributed by atoms with Crippen LogP contribution in [0, 0.1) is 12.8 Å². The van der Waals surface area contributed by atoms with E-state index in [4.69, 9.17) is 0 Å². The lowest BCUT2D eigenvalue weighted by atomic mass is 10.1. The average molecular weight is 422 g/mol. The molecule has 2 saturated heterocycles. The Morgan fingerprint density at radius 3 is 2.45 bits per heavy atom. The van der Waals surface area contributed by atoms with Gasteiger partial charge in [-0.25, -0.2) is 4.98 Å². The second-order valence-electron chi connectivity index (χ2n) is 8.69. The third-order valence-electron chi connectivity index (χ3n) is 6.18. The van der Waals surface area contributed by atoms with Gasteiger partial charge in [0.15, 0.2) is 0 Å². The second kappa shape index (κ2) is 9.47. The van der Waals surface area contributed by atoms with Gasteiger partial charge in [0, 0.05) is 58.4 Å². The summed E-state index contributed by atoms with van der Waals surface area (Å²) in [7, 11) is 2.14. The summed E-state index contributed by atoms with van der Waals surface area (Å²) in [5.41, 5.74) is 3.25. The number of pyridine rings is 1. The van der Waals surface area contributed by atoms with Gasteiger partial charge in [-0.05, 0) is 31.2 Å². The van der Waals surface area contributed by atoms with Crippen molar-refractivity contribution in [1.29, 1.82) is 0 Å². The molecule has 1 unspecified atom stereocenters. The van der Waals surface area contributed by atoms with Gasteiger partial charge in [0.1, 0.15) is 5.82 Å². The molecule has 0 saturated carbocycles. The molecule has 1 atom stereocenters. The summed E-state index contributed by atoms with van der Waals surface area (Å²) in [6.45, 7) is 7.54. The normalized spacial score (nSPS) is 19.7. The van der Waals surface area contributed by atoms with Crippen LogP contribution in [0.1, 0.15) is 23.1 Å². The smallest absolute Gasteiger partial charge is 0.225 e. The number of piperazine rings is 1. The number of carbonyl (C=O) groups is 2. The monoisotopic (exact) mass is 421 g/mol. The van der Waals surface area contributed by atoms with Crippen LogP contribution in [0.4, 0.5) is 5.82 Å². The summed E-state index contributed by atoms with van der Waals surface area (Å²) in [5.74, 6) is 0.661. The zero-order valence-corrected chi connectivity index (χ0v) is 18.4. The summed E-state index contributed by atoms with van der Waals surface area (Å²) in [6, 6.07) is 12.2. The molecule has 164 valence electrons. The number of likely N-dealkylation sites (N-methyl/N-ethyl adjacent to an activating group) is 1. The van der Waals surface area contributed by atoms with E-state index in [2.05, 4.69) is 27.1 Å². The lowest BCUT2D eigenvalue weighted by Gasteiger charge is -2.33. The number of likely N-dealkylation sites (tertiary alicyclic amines) is 1. The molecule has 7 nitrogen and oxygen atoms in total. The standard InChI is InChI=1S/C24H31N5O2/c1-18-3-5-19(6-4-18)16-29-17-21(13-23(29)30)24(31)26-15-20-7-8-22(25-14-20)28-11-9-27(2)10-12-28/h3-8,14,21H,9-13,15-17H2,1-2H3,(H,26,31). The van der Waals surface area contributed by atoms with Crippen molar-refractivity contribution in [3.8, 4) is 0 Å². The highest BCUT2D eigenvalue weighted by atomic mass is 16.2.